The Morgan fingerprint density at radius 1 is 1.18 bits per heavy atom. The third kappa shape index (κ3) is 4.47. The number of esters is 1. The molecule has 0 spiro atoms. The third-order valence-corrected chi connectivity index (χ3v) is 2.15. The zero-order valence-corrected chi connectivity index (χ0v) is 11.5. The lowest BCUT2D eigenvalue weighted by atomic mass is 9.97. The molecule has 1 rings (SSSR count). The molecule has 3 nitrogen and oxygen atoms in total. The van der Waals surface area contributed by atoms with Gasteiger partial charge < -0.3 is 9.47 Å². The second-order valence-corrected chi connectivity index (χ2v) is 3.80. The van der Waals surface area contributed by atoms with Crippen molar-refractivity contribution in [1.29, 1.82) is 0 Å². The number of hydrogen-bond acceptors (Lipinski definition) is 3. The molecule has 0 amide bonds. The highest BCUT2D eigenvalue weighted by Gasteiger charge is 2.26. The van der Waals surface area contributed by atoms with Crippen LogP contribution in [0.4, 0.5) is 0 Å². The number of rotatable bonds is 3. The smallest absolute Gasteiger partial charge is 0.303 e. The quantitative estimate of drug-likeness (QED) is 0.756. The predicted molar refractivity (Wildman–Crippen MR) is 69.1 cm³/mol. The van der Waals surface area contributed by atoms with Crippen LogP contribution in [0.1, 0.15) is 40.2 Å². The first-order chi connectivity index (χ1) is 7.97. The van der Waals surface area contributed by atoms with Gasteiger partial charge >= 0.3 is 5.97 Å². The van der Waals surface area contributed by atoms with Crippen molar-refractivity contribution in [1.82, 2.24) is 0 Å². The molecule has 0 saturated heterocycles. The Hall–Kier alpha value is -1.51. The molecule has 0 saturated carbocycles. The van der Waals surface area contributed by atoms with E-state index in [9.17, 15) is 4.79 Å². The molecular weight excluding hydrogens is 216 g/mol. The third-order valence-electron chi connectivity index (χ3n) is 2.15. The molecular formula is C14H22O3. The lowest BCUT2D eigenvalue weighted by molar-refractivity contribution is -0.154. The summed E-state index contributed by atoms with van der Waals surface area (Å²) >= 11 is 0. The Bertz CT molecular complexity index is 356. The van der Waals surface area contributed by atoms with Gasteiger partial charge in [-0.05, 0) is 19.9 Å². The Morgan fingerprint density at radius 3 is 2.18 bits per heavy atom. The molecule has 0 heterocycles. The molecule has 0 fully saturated rings. The minimum atomic E-state index is -0.668. The van der Waals surface area contributed by atoms with Crippen molar-refractivity contribution in [3.8, 4) is 5.75 Å². The fraction of sp³-hybridized carbons (Fsp3) is 0.500. The lowest BCUT2D eigenvalue weighted by Crippen LogP contribution is -2.24. The maximum Gasteiger partial charge on any atom is 0.303 e. The van der Waals surface area contributed by atoms with Gasteiger partial charge in [0.2, 0.25) is 0 Å². The van der Waals surface area contributed by atoms with E-state index in [0.717, 1.165) is 11.3 Å². The zero-order valence-electron chi connectivity index (χ0n) is 11.5. The summed E-state index contributed by atoms with van der Waals surface area (Å²) in [6.07, 6.45) is 0. The van der Waals surface area contributed by atoms with Gasteiger partial charge in [0.1, 0.15) is 11.4 Å². The fourth-order valence-corrected chi connectivity index (χ4v) is 1.56. The van der Waals surface area contributed by atoms with Crippen molar-refractivity contribution in [2.75, 3.05) is 7.11 Å². The molecule has 0 bridgehead atoms. The minimum Gasteiger partial charge on any atom is -0.496 e. The first kappa shape index (κ1) is 15.5. The van der Waals surface area contributed by atoms with Gasteiger partial charge in [-0.25, -0.2) is 0 Å². The van der Waals surface area contributed by atoms with E-state index in [1.807, 2.05) is 52.0 Å². The molecule has 0 atom stereocenters. The van der Waals surface area contributed by atoms with Crippen LogP contribution in [0.25, 0.3) is 0 Å². The number of ether oxygens (including phenoxy) is 2. The zero-order chi connectivity index (χ0) is 13.5. The van der Waals surface area contributed by atoms with Gasteiger partial charge in [0.25, 0.3) is 0 Å². The number of para-hydroxylation sites is 1. The van der Waals surface area contributed by atoms with Crippen LogP contribution in [-0.4, -0.2) is 13.1 Å². The molecule has 3 heteroatoms. The maximum atomic E-state index is 11.0. The number of carbonyl (C=O) groups excluding carboxylic acids is 1. The predicted octanol–water partition coefficient (Wildman–Crippen LogP) is 3.52. The highest BCUT2D eigenvalue weighted by Crippen LogP contribution is 2.32. The number of hydrogen-bond donors (Lipinski definition) is 0. The van der Waals surface area contributed by atoms with E-state index in [1.165, 1.54) is 6.92 Å². The standard InChI is InChI=1S/C12H16O3.C2H6/c1-9(13)15-12(2,3)10-7-5-6-8-11(10)14-4;1-2/h5-8H,1-4H3;1-2H3. The summed E-state index contributed by atoms with van der Waals surface area (Å²) in [5.41, 5.74) is 0.195. The van der Waals surface area contributed by atoms with Gasteiger partial charge in [-0.3, -0.25) is 4.79 Å². The molecule has 0 aromatic heterocycles. The molecule has 1 aromatic carbocycles. The van der Waals surface area contributed by atoms with Crippen LogP contribution in [0.2, 0.25) is 0 Å². The van der Waals surface area contributed by atoms with Gasteiger partial charge in [-0.15, -0.1) is 0 Å². The summed E-state index contributed by atoms with van der Waals surface area (Å²) in [5, 5.41) is 0. The maximum absolute atomic E-state index is 11.0. The van der Waals surface area contributed by atoms with Crippen molar-refractivity contribution in [3.05, 3.63) is 29.8 Å². The van der Waals surface area contributed by atoms with Crippen molar-refractivity contribution < 1.29 is 14.3 Å². The molecule has 96 valence electrons. The van der Waals surface area contributed by atoms with Crippen LogP contribution in [0.5, 0.6) is 5.75 Å². The first-order valence-corrected chi connectivity index (χ1v) is 5.80. The molecule has 0 unspecified atom stereocenters. The average molecular weight is 238 g/mol. The average Bonchev–Trinajstić information content (AvgIpc) is 2.30. The summed E-state index contributed by atoms with van der Waals surface area (Å²) < 4.78 is 10.5. The fourth-order valence-electron chi connectivity index (χ4n) is 1.56. The topological polar surface area (TPSA) is 35.5 Å². The Balaban J connectivity index is 0.00000121. The second-order valence-electron chi connectivity index (χ2n) is 3.80. The molecule has 0 radical (unpaired) electrons. The minimum absolute atomic E-state index is 0.300. The highest BCUT2D eigenvalue weighted by molar-refractivity contribution is 5.67. The lowest BCUT2D eigenvalue weighted by Gasteiger charge is -2.26. The van der Waals surface area contributed by atoms with Crippen LogP contribution in [-0.2, 0) is 15.1 Å². The molecule has 0 N–H and O–H groups in total. The Labute approximate surface area is 104 Å². The monoisotopic (exact) mass is 238 g/mol. The van der Waals surface area contributed by atoms with Crippen molar-refractivity contribution >= 4 is 5.97 Å². The van der Waals surface area contributed by atoms with E-state index in [-0.39, 0.29) is 5.97 Å². The Kier molecular flexibility index (Phi) is 6.33. The summed E-state index contributed by atoms with van der Waals surface area (Å²) in [6.45, 7) is 9.08. The van der Waals surface area contributed by atoms with Crippen LogP contribution in [0.3, 0.4) is 0 Å². The van der Waals surface area contributed by atoms with Gasteiger partial charge in [0.05, 0.1) is 7.11 Å². The first-order valence-electron chi connectivity index (χ1n) is 5.80. The normalized spacial score (nSPS) is 10.0. The van der Waals surface area contributed by atoms with Crippen molar-refractivity contribution in [3.63, 3.8) is 0 Å². The number of methoxy groups -OCH3 is 1. The summed E-state index contributed by atoms with van der Waals surface area (Å²) in [6, 6.07) is 7.51. The highest BCUT2D eigenvalue weighted by atomic mass is 16.6. The largest absolute Gasteiger partial charge is 0.496 e. The molecule has 17 heavy (non-hydrogen) atoms. The van der Waals surface area contributed by atoms with E-state index in [2.05, 4.69) is 0 Å². The molecule has 1 aromatic rings. The molecule has 0 aliphatic rings. The van der Waals surface area contributed by atoms with E-state index in [4.69, 9.17) is 9.47 Å². The second kappa shape index (κ2) is 6.94. The molecule has 0 aliphatic carbocycles. The van der Waals surface area contributed by atoms with Gasteiger partial charge in [-0.2, -0.15) is 0 Å². The van der Waals surface area contributed by atoms with Crippen molar-refractivity contribution in [2.45, 2.75) is 40.2 Å². The van der Waals surface area contributed by atoms with Crippen LogP contribution in [0, 0.1) is 0 Å². The van der Waals surface area contributed by atoms with E-state index in [1.54, 1.807) is 7.11 Å². The van der Waals surface area contributed by atoms with Gasteiger partial charge in [0, 0.05) is 12.5 Å². The van der Waals surface area contributed by atoms with Gasteiger partial charge in [-0.1, -0.05) is 32.0 Å². The van der Waals surface area contributed by atoms with Crippen LogP contribution in [0.15, 0.2) is 24.3 Å². The number of carbonyl (C=O) groups is 1. The van der Waals surface area contributed by atoms with E-state index < -0.39 is 5.60 Å². The van der Waals surface area contributed by atoms with E-state index >= 15 is 0 Å². The Morgan fingerprint density at radius 2 is 1.71 bits per heavy atom. The van der Waals surface area contributed by atoms with Crippen LogP contribution < -0.4 is 4.74 Å². The summed E-state index contributed by atoms with van der Waals surface area (Å²) in [5.74, 6) is 0.426. The van der Waals surface area contributed by atoms with Crippen LogP contribution >= 0.6 is 0 Å². The van der Waals surface area contributed by atoms with E-state index in [0.29, 0.717) is 0 Å². The summed E-state index contributed by atoms with van der Waals surface area (Å²) in [4.78, 5) is 11.0. The van der Waals surface area contributed by atoms with Crippen molar-refractivity contribution in [2.24, 2.45) is 0 Å². The SMILES string of the molecule is CC.COc1ccccc1C(C)(C)OC(C)=O. The molecule has 0 aliphatic heterocycles. The van der Waals surface area contributed by atoms with Gasteiger partial charge in [0.15, 0.2) is 0 Å². The summed E-state index contributed by atoms with van der Waals surface area (Å²) in [7, 11) is 1.60. The number of benzene rings is 1.